The van der Waals surface area contributed by atoms with Crippen LogP contribution in [0.1, 0.15) is 53.4 Å². The fourth-order valence-corrected chi connectivity index (χ4v) is 3.02. The first-order valence-corrected chi connectivity index (χ1v) is 7.53. The maximum atomic E-state index is 3.66. The predicted molar refractivity (Wildman–Crippen MR) is 76.4 cm³/mol. The summed E-state index contributed by atoms with van der Waals surface area (Å²) in [5, 5.41) is 3.66. The molecule has 1 aliphatic carbocycles. The van der Waals surface area contributed by atoms with Crippen molar-refractivity contribution in [3.05, 3.63) is 0 Å². The Hall–Kier alpha value is -0.0800. The molecule has 1 N–H and O–H groups in total. The highest BCUT2D eigenvalue weighted by Crippen LogP contribution is 2.41. The second kappa shape index (κ2) is 7.38. The molecular formula is C15H32N2. The van der Waals surface area contributed by atoms with Gasteiger partial charge in [0.2, 0.25) is 0 Å². The average molecular weight is 240 g/mol. The van der Waals surface area contributed by atoms with Gasteiger partial charge in [-0.15, -0.1) is 0 Å². The fraction of sp³-hybridized carbons (Fsp3) is 1.00. The Morgan fingerprint density at radius 2 is 1.94 bits per heavy atom. The minimum Gasteiger partial charge on any atom is -0.316 e. The second-order valence-electron chi connectivity index (χ2n) is 6.16. The summed E-state index contributed by atoms with van der Waals surface area (Å²) in [6, 6.07) is 0. The van der Waals surface area contributed by atoms with Crippen LogP contribution in [0.25, 0.3) is 0 Å². The van der Waals surface area contributed by atoms with E-state index in [1.54, 1.807) is 0 Å². The smallest absolute Gasteiger partial charge is 0.000687 e. The number of hydrogen-bond donors (Lipinski definition) is 1. The summed E-state index contributed by atoms with van der Waals surface area (Å²) < 4.78 is 0. The number of hydrogen-bond acceptors (Lipinski definition) is 2. The third-order valence-corrected chi connectivity index (χ3v) is 4.59. The Kier molecular flexibility index (Phi) is 6.50. The van der Waals surface area contributed by atoms with Crippen molar-refractivity contribution in [1.82, 2.24) is 10.2 Å². The molecule has 0 aromatic rings. The number of nitrogens with one attached hydrogen (secondary N) is 1. The van der Waals surface area contributed by atoms with E-state index in [1.165, 1.54) is 58.4 Å². The Morgan fingerprint density at radius 1 is 1.24 bits per heavy atom. The normalized spacial score (nSPS) is 23.5. The first kappa shape index (κ1) is 15.0. The van der Waals surface area contributed by atoms with Crippen LogP contribution in [0.3, 0.4) is 0 Å². The van der Waals surface area contributed by atoms with Crippen molar-refractivity contribution in [2.24, 2.45) is 11.3 Å². The van der Waals surface area contributed by atoms with Gasteiger partial charge in [-0.3, -0.25) is 0 Å². The molecule has 2 nitrogen and oxygen atoms in total. The van der Waals surface area contributed by atoms with Crippen molar-refractivity contribution in [2.45, 2.75) is 53.4 Å². The summed E-state index contributed by atoms with van der Waals surface area (Å²) >= 11 is 0. The molecule has 0 aliphatic heterocycles. The zero-order chi connectivity index (χ0) is 12.7. The van der Waals surface area contributed by atoms with Gasteiger partial charge in [-0.1, -0.05) is 34.1 Å². The van der Waals surface area contributed by atoms with Crippen LogP contribution in [-0.4, -0.2) is 37.6 Å². The van der Waals surface area contributed by atoms with Crippen molar-refractivity contribution in [1.29, 1.82) is 0 Å². The summed E-state index contributed by atoms with van der Waals surface area (Å²) in [6.45, 7) is 15.4. The van der Waals surface area contributed by atoms with Crippen molar-refractivity contribution < 1.29 is 0 Å². The maximum Gasteiger partial charge on any atom is -0.000687 e. The number of rotatable bonds is 8. The standard InChI is InChI=1S/C15H32N2/c1-5-17(6-2)12-8-11-16-13-14-9-7-10-15(14,3)4/h14,16H,5-13H2,1-4H3. The highest BCUT2D eigenvalue weighted by atomic mass is 15.1. The molecule has 1 fully saturated rings. The van der Waals surface area contributed by atoms with Gasteiger partial charge in [0.05, 0.1) is 0 Å². The second-order valence-corrected chi connectivity index (χ2v) is 6.16. The highest BCUT2D eigenvalue weighted by Gasteiger charge is 2.33. The Balaban J connectivity index is 2.04. The molecular weight excluding hydrogens is 208 g/mol. The van der Waals surface area contributed by atoms with E-state index >= 15 is 0 Å². The van der Waals surface area contributed by atoms with Crippen molar-refractivity contribution in [2.75, 3.05) is 32.7 Å². The van der Waals surface area contributed by atoms with Gasteiger partial charge in [0.1, 0.15) is 0 Å². The summed E-state index contributed by atoms with van der Waals surface area (Å²) in [5.74, 6) is 0.899. The minimum absolute atomic E-state index is 0.575. The predicted octanol–water partition coefficient (Wildman–Crippen LogP) is 3.13. The summed E-state index contributed by atoms with van der Waals surface area (Å²) in [7, 11) is 0. The first-order chi connectivity index (χ1) is 8.10. The Labute approximate surface area is 108 Å². The molecule has 0 spiro atoms. The topological polar surface area (TPSA) is 15.3 Å². The summed E-state index contributed by atoms with van der Waals surface area (Å²) in [6.07, 6.45) is 5.56. The molecule has 1 saturated carbocycles. The van der Waals surface area contributed by atoms with Gasteiger partial charge in [-0.25, -0.2) is 0 Å². The SMILES string of the molecule is CCN(CC)CCCNCC1CCCC1(C)C. The van der Waals surface area contributed by atoms with Crippen LogP contribution in [0.2, 0.25) is 0 Å². The van der Waals surface area contributed by atoms with Crippen LogP contribution in [0, 0.1) is 11.3 Å². The lowest BCUT2D eigenvalue weighted by Gasteiger charge is -2.27. The molecule has 0 aromatic carbocycles. The van der Waals surface area contributed by atoms with Gasteiger partial charge in [0.15, 0.2) is 0 Å². The van der Waals surface area contributed by atoms with E-state index in [9.17, 15) is 0 Å². The molecule has 1 aliphatic rings. The van der Waals surface area contributed by atoms with E-state index in [4.69, 9.17) is 0 Å². The zero-order valence-electron chi connectivity index (χ0n) is 12.4. The highest BCUT2D eigenvalue weighted by molar-refractivity contribution is 4.85. The van der Waals surface area contributed by atoms with Crippen LogP contribution < -0.4 is 5.32 Å². The molecule has 17 heavy (non-hydrogen) atoms. The lowest BCUT2D eigenvalue weighted by atomic mass is 9.82. The molecule has 0 heterocycles. The van der Waals surface area contributed by atoms with Gasteiger partial charge in [0, 0.05) is 0 Å². The molecule has 0 amide bonds. The zero-order valence-corrected chi connectivity index (χ0v) is 12.4. The molecule has 1 atom stereocenters. The monoisotopic (exact) mass is 240 g/mol. The van der Waals surface area contributed by atoms with Crippen LogP contribution in [0.4, 0.5) is 0 Å². The van der Waals surface area contributed by atoms with E-state index in [1.807, 2.05) is 0 Å². The molecule has 2 heteroatoms. The van der Waals surface area contributed by atoms with E-state index in [0.717, 1.165) is 5.92 Å². The van der Waals surface area contributed by atoms with Gasteiger partial charge in [-0.05, 0) is 63.3 Å². The van der Waals surface area contributed by atoms with Gasteiger partial charge in [-0.2, -0.15) is 0 Å². The summed E-state index contributed by atoms with van der Waals surface area (Å²) in [4.78, 5) is 2.50. The third-order valence-electron chi connectivity index (χ3n) is 4.59. The average Bonchev–Trinajstić information content (AvgIpc) is 2.63. The first-order valence-electron chi connectivity index (χ1n) is 7.53. The maximum absolute atomic E-state index is 3.66. The Morgan fingerprint density at radius 3 is 2.47 bits per heavy atom. The van der Waals surface area contributed by atoms with Gasteiger partial charge >= 0.3 is 0 Å². The molecule has 0 bridgehead atoms. The van der Waals surface area contributed by atoms with Crippen LogP contribution in [0.15, 0.2) is 0 Å². The fourth-order valence-electron chi connectivity index (χ4n) is 3.02. The van der Waals surface area contributed by atoms with Crippen molar-refractivity contribution >= 4 is 0 Å². The lowest BCUT2D eigenvalue weighted by molar-refractivity contribution is 0.248. The van der Waals surface area contributed by atoms with Crippen LogP contribution >= 0.6 is 0 Å². The molecule has 1 rings (SSSR count). The molecule has 0 saturated heterocycles. The third kappa shape index (κ3) is 4.97. The van der Waals surface area contributed by atoms with E-state index < -0.39 is 0 Å². The quantitative estimate of drug-likeness (QED) is 0.656. The van der Waals surface area contributed by atoms with Crippen molar-refractivity contribution in [3.8, 4) is 0 Å². The number of nitrogens with zero attached hydrogens (tertiary/aromatic N) is 1. The van der Waals surface area contributed by atoms with E-state index in [0.29, 0.717) is 5.41 Å². The Bertz CT molecular complexity index is 197. The lowest BCUT2D eigenvalue weighted by Crippen LogP contribution is -2.32. The molecule has 1 unspecified atom stereocenters. The molecule has 0 radical (unpaired) electrons. The molecule has 102 valence electrons. The minimum atomic E-state index is 0.575. The van der Waals surface area contributed by atoms with Crippen LogP contribution in [-0.2, 0) is 0 Å². The van der Waals surface area contributed by atoms with Crippen LogP contribution in [0.5, 0.6) is 0 Å². The van der Waals surface area contributed by atoms with Gasteiger partial charge < -0.3 is 10.2 Å². The summed E-state index contributed by atoms with van der Waals surface area (Å²) in [5.41, 5.74) is 0.575. The van der Waals surface area contributed by atoms with E-state index in [2.05, 4.69) is 37.9 Å². The van der Waals surface area contributed by atoms with Crippen molar-refractivity contribution in [3.63, 3.8) is 0 Å². The van der Waals surface area contributed by atoms with E-state index in [-0.39, 0.29) is 0 Å². The van der Waals surface area contributed by atoms with Gasteiger partial charge in [0.25, 0.3) is 0 Å². The molecule has 0 aromatic heterocycles. The largest absolute Gasteiger partial charge is 0.316 e.